The lowest BCUT2D eigenvalue weighted by Crippen LogP contribution is -2.61. The smallest absolute Gasteiger partial charge is 0.306 e. The van der Waals surface area contributed by atoms with Crippen molar-refractivity contribution in [3.8, 4) is 0 Å². The first kappa shape index (κ1) is 69.5. The van der Waals surface area contributed by atoms with Gasteiger partial charge in [-0.3, -0.25) is 4.79 Å². The number of carbonyl (C=O) groups excluding carboxylic acids is 1. The highest BCUT2D eigenvalue weighted by atomic mass is 16.7. The van der Waals surface area contributed by atoms with E-state index in [4.69, 9.17) is 28.4 Å². The molecule has 0 bridgehead atoms. The number of carbonyl (C=O) groups is 1. The molecule has 2 saturated heterocycles. The van der Waals surface area contributed by atoms with Gasteiger partial charge in [-0.2, -0.15) is 0 Å². The number of hydrogen-bond acceptors (Lipinski definition) is 14. The summed E-state index contributed by atoms with van der Waals surface area (Å²) in [5, 5.41) is 72.4. The fourth-order valence-corrected chi connectivity index (χ4v) is 8.34. The third kappa shape index (κ3) is 34.9. The van der Waals surface area contributed by atoms with Gasteiger partial charge in [-0.05, 0) is 103 Å². The summed E-state index contributed by atoms with van der Waals surface area (Å²) in [5.74, 6) is -0.410. The van der Waals surface area contributed by atoms with Gasteiger partial charge >= 0.3 is 5.97 Å². The first-order chi connectivity index (χ1) is 37.6. The van der Waals surface area contributed by atoms with Crippen molar-refractivity contribution in [3.05, 3.63) is 122 Å². The average molecular weight is 1080 g/mol. The van der Waals surface area contributed by atoms with Crippen molar-refractivity contribution in [1.29, 1.82) is 0 Å². The van der Waals surface area contributed by atoms with Gasteiger partial charge in [0.25, 0.3) is 0 Å². The molecule has 0 aromatic carbocycles. The number of hydrogen-bond donors (Lipinski definition) is 7. The van der Waals surface area contributed by atoms with Gasteiger partial charge in [0.1, 0.15) is 54.9 Å². The van der Waals surface area contributed by atoms with E-state index in [0.717, 1.165) is 122 Å². The molecule has 0 aromatic heterocycles. The summed E-state index contributed by atoms with van der Waals surface area (Å²) in [6.07, 6.45) is 51.1. The lowest BCUT2D eigenvalue weighted by molar-refractivity contribution is -0.332. The van der Waals surface area contributed by atoms with E-state index in [0.29, 0.717) is 13.0 Å². The predicted octanol–water partition coefficient (Wildman–Crippen LogP) is 10.5. The first-order valence-corrected chi connectivity index (χ1v) is 29.1. The van der Waals surface area contributed by atoms with Crippen LogP contribution < -0.4 is 0 Å². The topological polar surface area (TPSA) is 214 Å². The van der Waals surface area contributed by atoms with Crippen LogP contribution in [-0.2, 0) is 33.2 Å². The van der Waals surface area contributed by atoms with Crippen LogP contribution in [0.4, 0.5) is 0 Å². The van der Waals surface area contributed by atoms with Crippen molar-refractivity contribution in [2.45, 2.75) is 235 Å². The summed E-state index contributed by atoms with van der Waals surface area (Å²) in [6.45, 7) is 3.38. The van der Waals surface area contributed by atoms with Gasteiger partial charge in [-0.1, -0.05) is 180 Å². The number of esters is 1. The van der Waals surface area contributed by atoms with Crippen LogP contribution in [0.2, 0.25) is 0 Å². The molecule has 0 spiro atoms. The molecule has 0 saturated carbocycles. The maximum Gasteiger partial charge on any atom is 0.306 e. The predicted molar refractivity (Wildman–Crippen MR) is 307 cm³/mol. The van der Waals surface area contributed by atoms with Crippen LogP contribution in [0.5, 0.6) is 0 Å². The van der Waals surface area contributed by atoms with E-state index >= 15 is 0 Å². The molecule has 7 N–H and O–H groups in total. The number of unbranched alkanes of at least 4 members (excludes halogenated alkanes) is 11. The zero-order chi connectivity index (χ0) is 55.8. The van der Waals surface area contributed by atoms with E-state index in [9.17, 15) is 40.5 Å². The van der Waals surface area contributed by atoms with Crippen LogP contribution in [-0.4, -0.2) is 142 Å². The summed E-state index contributed by atoms with van der Waals surface area (Å²) < 4.78 is 34.4. The number of aliphatic hydroxyl groups excluding tert-OH is 7. The number of allylic oxidation sites excluding steroid dienone is 20. The molecule has 0 aliphatic carbocycles. The number of ether oxygens (including phenoxy) is 6. The van der Waals surface area contributed by atoms with Gasteiger partial charge in [-0.25, -0.2) is 0 Å². The van der Waals surface area contributed by atoms with E-state index in [1.807, 2.05) is 0 Å². The van der Waals surface area contributed by atoms with Gasteiger partial charge in [0.15, 0.2) is 12.6 Å². The normalized spacial score (nSPS) is 25.2. The van der Waals surface area contributed by atoms with Crippen molar-refractivity contribution >= 4 is 5.97 Å². The minimum absolute atomic E-state index is 0.0344. The van der Waals surface area contributed by atoms with Crippen LogP contribution in [0.1, 0.15) is 168 Å². The highest BCUT2D eigenvalue weighted by molar-refractivity contribution is 5.69. The molecular weight excluding hydrogens is 981 g/mol. The molecular formula is C63H102O14. The van der Waals surface area contributed by atoms with Crippen molar-refractivity contribution in [3.63, 3.8) is 0 Å². The molecule has 14 heteroatoms. The Morgan fingerprint density at radius 3 is 1.26 bits per heavy atom. The van der Waals surface area contributed by atoms with Crippen LogP contribution in [0.15, 0.2) is 122 Å². The fraction of sp³-hybridized carbons (Fsp3) is 0.667. The average Bonchev–Trinajstić information content (AvgIpc) is 3.43. The van der Waals surface area contributed by atoms with Crippen LogP contribution >= 0.6 is 0 Å². The van der Waals surface area contributed by atoms with Crippen molar-refractivity contribution in [2.24, 2.45) is 0 Å². The molecule has 14 nitrogen and oxygen atoms in total. The molecule has 2 rings (SSSR count). The SMILES string of the molecule is CC/C=C\C/C=C\C/C=C\C/C=C\C/C=C\C/C=C\CCCCCCC(=O)OC(COCCCCCCCCC/C=C\C/C=C\C/C=C\C/C=C\CC)COC1OC(COC2OC(CO)C(O)C(O)C2O)C(O)C(O)C1O. The van der Waals surface area contributed by atoms with E-state index in [2.05, 4.69) is 135 Å². The molecule has 2 aliphatic rings. The Labute approximate surface area is 463 Å². The number of aliphatic hydroxyl groups is 7. The zero-order valence-electron chi connectivity index (χ0n) is 46.9. The Hall–Kier alpha value is -3.61. The maximum absolute atomic E-state index is 13.1. The van der Waals surface area contributed by atoms with Crippen LogP contribution in [0, 0.1) is 0 Å². The summed E-state index contributed by atoms with van der Waals surface area (Å²) in [7, 11) is 0. The Balaban J connectivity index is 1.75. The van der Waals surface area contributed by atoms with E-state index in [1.165, 1.54) is 19.3 Å². The lowest BCUT2D eigenvalue weighted by Gasteiger charge is -2.42. The molecule has 77 heavy (non-hydrogen) atoms. The van der Waals surface area contributed by atoms with Crippen molar-refractivity contribution < 1.29 is 69.0 Å². The minimum atomic E-state index is -1.72. The monoisotopic (exact) mass is 1080 g/mol. The highest BCUT2D eigenvalue weighted by Crippen LogP contribution is 2.26. The molecule has 2 heterocycles. The van der Waals surface area contributed by atoms with Crippen molar-refractivity contribution in [1.82, 2.24) is 0 Å². The van der Waals surface area contributed by atoms with Crippen LogP contribution in [0.25, 0.3) is 0 Å². The van der Waals surface area contributed by atoms with Gasteiger partial charge in [0, 0.05) is 13.0 Å². The Morgan fingerprint density at radius 2 is 0.805 bits per heavy atom. The second-order valence-corrected chi connectivity index (χ2v) is 19.7. The van der Waals surface area contributed by atoms with Gasteiger partial charge in [0.2, 0.25) is 0 Å². The number of rotatable bonds is 45. The van der Waals surface area contributed by atoms with E-state index in [1.54, 1.807) is 0 Å². The third-order valence-electron chi connectivity index (χ3n) is 13.0. The summed E-state index contributed by atoms with van der Waals surface area (Å²) in [5.41, 5.74) is 0. The van der Waals surface area contributed by atoms with Gasteiger partial charge in [-0.15, -0.1) is 0 Å². The second kappa shape index (κ2) is 48.3. The second-order valence-electron chi connectivity index (χ2n) is 19.7. The van der Waals surface area contributed by atoms with Gasteiger partial charge < -0.3 is 64.2 Å². The molecule has 2 aliphatic heterocycles. The summed E-state index contributed by atoms with van der Waals surface area (Å²) in [6, 6.07) is 0. The Kier molecular flexibility index (Phi) is 43.6. The molecule has 11 unspecified atom stereocenters. The Morgan fingerprint density at radius 1 is 0.429 bits per heavy atom. The minimum Gasteiger partial charge on any atom is -0.457 e. The maximum atomic E-state index is 13.1. The molecule has 0 amide bonds. The molecule has 2 fully saturated rings. The lowest BCUT2D eigenvalue weighted by atomic mass is 9.98. The summed E-state index contributed by atoms with van der Waals surface area (Å²) >= 11 is 0. The highest BCUT2D eigenvalue weighted by Gasteiger charge is 2.47. The Bertz CT molecular complexity index is 1730. The van der Waals surface area contributed by atoms with Crippen molar-refractivity contribution in [2.75, 3.05) is 33.0 Å². The largest absolute Gasteiger partial charge is 0.457 e. The summed E-state index contributed by atoms with van der Waals surface area (Å²) in [4.78, 5) is 13.1. The molecule has 0 radical (unpaired) electrons. The molecule has 438 valence electrons. The molecule has 11 atom stereocenters. The first-order valence-electron chi connectivity index (χ1n) is 29.1. The standard InChI is InChI=1S/C63H102O14/c1-3-5-7-9-11-13-15-17-19-21-23-25-26-27-28-30-32-34-36-38-40-42-44-46-55(65)75-52(49-72-47-45-43-41-39-37-35-33-31-29-24-22-20-18-16-14-12-10-8-6-4-2)50-73-62-61(71)59(69)57(67)54(77-62)51-74-63-60(70)58(68)56(66)53(48-64)76-63/h5-8,11-14,17-20,23-25,27-29,32,34,52-54,56-64,66-71H,3-4,9-10,15-16,21-22,26,30-31,33,35-51H2,1-2H3/b7-5-,8-6-,13-11-,14-12-,19-17-,20-18-,25-23-,28-27-,29-24-,34-32-. The quantitative estimate of drug-likeness (QED) is 0.0172. The zero-order valence-corrected chi connectivity index (χ0v) is 46.9. The third-order valence-corrected chi connectivity index (χ3v) is 13.0. The molecule has 0 aromatic rings. The van der Waals surface area contributed by atoms with Gasteiger partial charge in [0.05, 0.1) is 26.4 Å². The van der Waals surface area contributed by atoms with E-state index in [-0.39, 0.29) is 19.6 Å². The fourth-order valence-electron chi connectivity index (χ4n) is 8.34. The van der Waals surface area contributed by atoms with E-state index < -0.39 is 86.7 Å². The van der Waals surface area contributed by atoms with Crippen LogP contribution in [0.3, 0.4) is 0 Å².